The van der Waals surface area contributed by atoms with E-state index in [0.717, 1.165) is 35.7 Å². The number of nitrogens with zero attached hydrogens (tertiary/aromatic N) is 1. The van der Waals surface area contributed by atoms with Crippen LogP contribution in [0.25, 0.3) is 0 Å². The molecule has 0 aromatic heterocycles. The van der Waals surface area contributed by atoms with Crippen molar-refractivity contribution in [3.8, 4) is 5.75 Å². The summed E-state index contributed by atoms with van der Waals surface area (Å²) in [7, 11) is 0. The Kier molecular flexibility index (Phi) is 6.64. The second-order valence-electron chi connectivity index (χ2n) is 8.41. The summed E-state index contributed by atoms with van der Waals surface area (Å²) in [5, 5.41) is 12.4. The highest BCUT2D eigenvalue weighted by Gasteiger charge is 2.31. The van der Waals surface area contributed by atoms with Crippen LogP contribution in [0.2, 0.25) is 0 Å². The lowest BCUT2D eigenvalue weighted by molar-refractivity contribution is -0.137. The highest BCUT2D eigenvalue weighted by molar-refractivity contribution is 5.84. The molecule has 1 unspecified atom stereocenters. The van der Waals surface area contributed by atoms with Gasteiger partial charge in [0.05, 0.1) is 18.0 Å². The lowest BCUT2D eigenvalue weighted by atomic mass is 10.1. The number of benzene rings is 3. The Labute approximate surface area is 189 Å². The van der Waals surface area contributed by atoms with E-state index in [-0.39, 0.29) is 12.6 Å². The third-order valence-corrected chi connectivity index (χ3v) is 5.68. The number of anilines is 3. The zero-order valence-electron chi connectivity index (χ0n) is 18.7. The molecule has 0 aliphatic carbocycles. The molecule has 3 aromatic carbocycles. The topological polar surface area (TPSA) is 61.8 Å². The first kappa shape index (κ1) is 21.8. The number of nitrogens with one attached hydrogen (secondary N) is 1. The molecule has 0 fully saturated rings. The molecule has 0 amide bonds. The fraction of sp³-hybridized carbons (Fsp3) is 0.296. The predicted octanol–water partition coefficient (Wildman–Crippen LogP) is 6.59. The first-order chi connectivity index (χ1) is 15.5. The van der Waals surface area contributed by atoms with E-state index in [1.54, 1.807) is 0 Å². The number of fused-ring (bicyclic) bond motifs is 1. The lowest BCUT2D eigenvalue weighted by Crippen LogP contribution is -2.23. The van der Waals surface area contributed by atoms with E-state index in [2.05, 4.69) is 78.7 Å². The van der Waals surface area contributed by atoms with Crippen molar-refractivity contribution >= 4 is 23.0 Å². The standard InChI is InChI=1S/C27H30N2O3/c1-19-15-20(2)17-22(16-19)29-25-13-12-23(32-14-8-4-7-11-26(30)31)18-24(25)28-27(29)21-9-5-3-6-10-21/h3,5-6,9-10,12-13,15-18,27-28H,4,7-8,11,14H2,1-2H3,(H,30,31). The molecule has 1 heterocycles. The van der Waals surface area contributed by atoms with Crippen LogP contribution in [0.15, 0.2) is 66.7 Å². The maximum absolute atomic E-state index is 10.6. The number of carboxylic acids is 1. The minimum absolute atomic E-state index is 0.00123. The summed E-state index contributed by atoms with van der Waals surface area (Å²) < 4.78 is 5.95. The summed E-state index contributed by atoms with van der Waals surface area (Å²) in [6, 6.07) is 23.3. The first-order valence-corrected chi connectivity index (χ1v) is 11.2. The van der Waals surface area contributed by atoms with E-state index in [1.165, 1.54) is 16.7 Å². The molecule has 0 saturated carbocycles. The van der Waals surface area contributed by atoms with Crippen LogP contribution in [-0.2, 0) is 4.79 Å². The van der Waals surface area contributed by atoms with Gasteiger partial charge in [0.15, 0.2) is 0 Å². The fourth-order valence-corrected chi connectivity index (χ4v) is 4.27. The van der Waals surface area contributed by atoms with E-state index in [0.29, 0.717) is 13.0 Å². The monoisotopic (exact) mass is 430 g/mol. The van der Waals surface area contributed by atoms with Crippen molar-refractivity contribution in [2.75, 3.05) is 16.8 Å². The molecule has 0 saturated heterocycles. The lowest BCUT2D eigenvalue weighted by Gasteiger charge is -2.28. The molecule has 0 bridgehead atoms. The second-order valence-corrected chi connectivity index (χ2v) is 8.41. The van der Waals surface area contributed by atoms with Crippen molar-refractivity contribution < 1.29 is 14.6 Å². The first-order valence-electron chi connectivity index (χ1n) is 11.2. The number of aliphatic carboxylic acids is 1. The normalized spacial score (nSPS) is 14.7. The summed E-state index contributed by atoms with van der Waals surface area (Å²) >= 11 is 0. The highest BCUT2D eigenvalue weighted by atomic mass is 16.5. The van der Waals surface area contributed by atoms with Crippen molar-refractivity contribution in [3.63, 3.8) is 0 Å². The van der Waals surface area contributed by atoms with Crippen LogP contribution < -0.4 is 15.0 Å². The predicted molar refractivity (Wildman–Crippen MR) is 129 cm³/mol. The SMILES string of the molecule is Cc1cc(C)cc(N2c3ccc(OCCCCCC(=O)O)cc3NC2c2ccccc2)c1. The number of carbonyl (C=O) groups is 1. The highest BCUT2D eigenvalue weighted by Crippen LogP contribution is 2.47. The summed E-state index contributed by atoms with van der Waals surface area (Å²) in [6.45, 7) is 4.85. The molecule has 32 heavy (non-hydrogen) atoms. The average molecular weight is 431 g/mol. The summed E-state index contributed by atoms with van der Waals surface area (Å²) in [4.78, 5) is 13.0. The van der Waals surface area contributed by atoms with Crippen molar-refractivity contribution in [2.45, 2.75) is 45.7 Å². The smallest absolute Gasteiger partial charge is 0.303 e. The van der Waals surface area contributed by atoms with Crippen molar-refractivity contribution in [1.82, 2.24) is 0 Å². The van der Waals surface area contributed by atoms with E-state index in [9.17, 15) is 4.79 Å². The molecule has 1 aliphatic heterocycles. The quantitative estimate of drug-likeness (QED) is 0.375. The molecule has 5 nitrogen and oxygen atoms in total. The maximum Gasteiger partial charge on any atom is 0.303 e. The van der Waals surface area contributed by atoms with Gasteiger partial charge in [0.25, 0.3) is 0 Å². The van der Waals surface area contributed by atoms with Gasteiger partial charge >= 0.3 is 5.97 Å². The van der Waals surface area contributed by atoms with E-state index in [4.69, 9.17) is 9.84 Å². The number of hydrogen-bond acceptors (Lipinski definition) is 4. The van der Waals surface area contributed by atoms with E-state index in [1.807, 2.05) is 12.1 Å². The molecular weight excluding hydrogens is 400 g/mol. The Bertz CT molecular complexity index is 1060. The Morgan fingerprint density at radius 1 is 0.969 bits per heavy atom. The number of rotatable bonds is 9. The summed E-state index contributed by atoms with van der Waals surface area (Å²) in [5.41, 5.74) is 7.00. The van der Waals surface area contributed by atoms with Gasteiger partial charge in [0.1, 0.15) is 11.9 Å². The molecule has 0 spiro atoms. The van der Waals surface area contributed by atoms with Crippen molar-refractivity contribution in [1.29, 1.82) is 0 Å². The molecule has 4 rings (SSSR count). The molecular formula is C27H30N2O3. The minimum Gasteiger partial charge on any atom is -0.494 e. The van der Waals surface area contributed by atoms with Gasteiger partial charge in [-0.2, -0.15) is 0 Å². The number of unbranched alkanes of at least 4 members (excludes halogenated alkanes) is 2. The van der Waals surface area contributed by atoms with Gasteiger partial charge in [-0.15, -0.1) is 0 Å². The Balaban J connectivity index is 1.54. The Morgan fingerprint density at radius 3 is 2.44 bits per heavy atom. The van der Waals surface area contributed by atoms with Crippen LogP contribution in [-0.4, -0.2) is 17.7 Å². The summed E-state index contributed by atoms with van der Waals surface area (Å²) in [5.74, 6) is 0.0838. The van der Waals surface area contributed by atoms with Gasteiger partial charge < -0.3 is 20.1 Å². The molecule has 166 valence electrons. The van der Waals surface area contributed by atoms with Crippen LogP contribution in [0.4, 0.5) is 17.1 Å². The van der Waals surface area contributed by atoms with Crippen LogP contribution in [0.3, 0.4) is 0 Å². The van der Waals surface area contributed by atoms with E-state index >= 15 is 0 Å². The zero-order valence-corrected chi connectivity index (χ0v) is 18.7. The fourth-order valence-electron chi connectivity index (χ4n) is 4.27. The Hall–Kier alpha value is -3.47. The minimum atomic E-state index is -0.739. The molecule has 1 atom stereocenters. The van der Waals surface area contributed by atoms with Gasteiger partial charge in [0.2, 0.25) is 0 Å². The molecule has 5 heteroatoms. The number of carboxylic acid groups (broad SMARTS) is 1. The van der Waals surface area contributed by atoms with Gasteiger partial charge in [-0.25, -0.2) is 0 Å². The third-order valence-electron chi connectivity index (χ3n) is 5.68. The molecule has 2 N–H and O–H groups in total. The Morgan fingerprint density at radius 2 is 1.72 bits per heavy atom. The van der Waals surface area contributed by atoms with Gasteiger partial charge in [-0.05, 0) is 74.1 Å². The molecule has 0 radical (unpaired) electrons. The van der Waals surface area contributed by atoms with Crippen LogP contribution >= 0.6 is 0 Å². The maximum atomic E-state index is 10.6. The van der Waals surface area contributed by atoms with Crippen LogP contribution in [0.5, 0.6) is 5.75 Å². The van der Waals surface area contributed by atoms with Gasteiger partial charge in [-0.1, -0.05) is 36.4 Å². The number of ether oxygens (including phenoxy) is 1. The second kappa shape index (κ2) is 9.77. The van der Waals surface area contributed by atoms with E-state index < -0.39 is 5.97 Å². The third kappa shape index (κ3) is 5.05. The van der Waals surface area contributed by atoms with Crippen LogP contribution in [0.1, 0.15) is 48.5 Å². The molecule has 3 aromatic rings. The largest absolute Gasteiger partial charge is 0.494 e. The van der Waals surface area contributed by atoms with Crippen molar-refractivity contribution in [2.24, 2.45) is 0 Å². The summed E-state index contributed by atoms with van der Waals surface area (Å²) in [6.07, 6.45) is 2.61. The van der Waals surface area contributed by atoms with Crippen LogP contribution in [0, 0.1) is 13.8 Å². The average Bonchev–Trinajstić information content (AvgIpc) is 3.15. The number of hydrogen-bond donors (Lipinski definition) is 2. The number of aryl methyl sites for hydroxylation is 2. The van der Waals surface area contributed by atoms with Crippen molar-refractivity contribution in [3.05, 3.63) is 83.4 Å². The van der Waals surface area contributed by atoms with Gasteiger partial charge in [0, 0.05) is 18.2 Å². The van der Waals surface area contributed by atoms with Gasteiger partial charge in [-0.3, -0.25) is 4.79 Å². The molecule has 1 aliphatic rings. The zero-order chi connectivity index (χ0) is 22.5.